The average molecular weight is 628 g/mol. The Morgan fingerprint density at radius 1 is 0.977 bits per heavy atom. The number of fused-ring (bicyclic) bond motifs is 1. The maximum atomic E-state index is 13.6. The van der Waals surface area contributed by atoms with Crippen molar-refractivity contribution in [1.29, 1.82) is 0 Å². The summed E-state index contributed by atoms with van der Waals surface area (Å²) < 4.78 is 0. The summed E-state index contributed by atoms with van der Waals surface area (Å²) in [5.74, 6) is 1.38. The Morgan fingerprint density at radius 3 is 2.39 bits per heavy atom. The van der Waals surface area contributed by atoms with Crippen molar-refractivity contribution < 1.29 is 19.8 Å². The average Bonchev–Trinajstić information content (AvgIpc) is 3.00. The van der Waals surface area contributed by atoms with E-state index in [0.717, 1.165) is 36.1 Å². The Hall–Kier alpha value is -2.13. The molecule has 2 aromatic carbocycles. The SMILES string of the molecule is CC(C)C[C@H](O)[C@H](O)[C@H](CC1CCCCC1)NC(=O)[C@H](C)CNC(=O)[C@@H](CSCCN(C)C)Cc1cccc2ccccc12. The van der Waals surface area contributed by atoms with Gasteiger partial charge in [0.1, 0.15) is 6.10 Å². The van der Waals surface area contributed by atoms with Gasteiger partial charge in [-0.25, -0.2) is 0 Å². The normalized spacial score (nSPS) is 17.8. The van der Waals surface area contributed by atoms with E-state index in [9.17, 15) is 19.8 Å². The summed E-state index contributed by atoms with van der Waals surface area (Å²) in [7, 11) is 4.11. The maximum absolute atomic E-state index is 13.6. The summed E-state index contributed by atoms with van der Waals surface area (Å²) in [6.07, 6.45) is 5.63. The molecule has 2 aromatic rings. The molecule has 1 saturated carbocycles. The van der Waals surface area contributed by atoms with E-state index in [2.05, 4.69) is 60.0 Å². The fourth-order valence-electron chi connectivity index (χ4n) is 6.21. The van der Waals surface area contributed by atoms with Gasteiger partial charge in [-0.2, -0.15) is 11.8 Å². The number of carbonyl (C=O) groups excluding carboxylic acids is 2. The largest absolute Gasteiger partial charge is 0.390 e. The quantitative estimate of drug-likeness (QED) is 0.168. The van der Waals surface area contributed by atoms with Crippen LogP contribution >= 0.6 is 11.8 Å². The van der Waals surface area contributed by atoms with Crippen LogP contribution < -0.4 is 10.6 Å². The molecule has 44 heavy (non-hydrogen) atoms. The first-order valence-corrected chi connectivity index (χ1v) is 17.8. The summed E-state index contributed by atoms with van der Waals surface area (Å²) in [6.45, 7) is 7.02. The molecule has 0 bridgehead atoms. The van der Waals surface area contributed by atoms with Crippen LogP contribution in [0.5, 0.6) is 0 Å². The Bertz CT molecular complexity index is 1150. The smallest absolute Gasteiger partial charge is 0.224 e. The second kappa shape index (κ2) is 18.7. The van der Waals surface area contributed by atoms with E-state index in [1.54, 1.807) is 11.8 Å². The summed E-state index contributed by atoms with van der Waals surface area (Å²) in [5.41, 5.74) is 1.15. The molecule has 7 nitrogen and oxygen atoms in total. The number of carbonyl (C=O) groups is 2. The first-order chi connectivity index (χ1) is 21.0. The summed E-state index contributed by atoms with van der Waals surface area (Å²) in [4.78, 5) is 29.1. The number of hydrogen-bond donors (Lipinski definition) is 4. The Kier molecular flexibility index (Phi) is 15.5. The Balaban J connectivity index is 1.64. The van der Waals surface area contributed by atoms with Crippen LogP contribution in [0, 0.1) is 23.7 Å². The van der Waals surface area contributed by atoms with Crippen molar-refractivity contribution in [3.63, 3.8) is 0 Å². The van der Waals surface area contributed by atoms with Crippen LogP contribution in [0.15, 0.2) is 42.5 Å². The lowest BCUT2D eigenvalue weighted by molar-refractivity contribution is -0.128. The highest BCUT2D eigenvalue weighted by molar-refractivity contribution is 7.99. The van der Waals surface area contributed by atoms with E-state index >= 15 is 0 Å². The van der Waals surface area contributed by atoms with Crippen molar-refractivity contribution in [1.82, 2.24) is 15.5 Å². The van der Waals surface area contributed by atoms with Crippen LogP contribution in [-0.4, -0.2) is 83.9 Å². The molecule has 1 aliphatic rings. The van der Waals surface area contributed by atoms with Gasteiger partial charge in [0.25, 0.3) is 0 Å². The molecule has 0 aliphatic heterocycles. The van der Waals surface area contributed by atoms with Gasteiger partial charge in [0, 0.05) is 24.6 Å². The molecular weight excluding hydrogens is 570 g/mol. The zero-order valence-electron chi connectivity index (χ0n) is 27.6. The monoisotopic (exact) mass is 627 g/mol. The predicted octanol–water partition coefficient (Wildman–Crippen LogP) is 5.27. The predicted molar refractivity (Wildman–Crippen MR) is 184 cm³/mol. The lowest BCUT2D eigenvalue weighted by Gasteiger charge is -2.33. The molecule has 1 aliphatic carbocycles. The third kappa shape index (κ3) is 12.0. The minimum Gasteiger partial charge on any atom is -0.390 e. The number of amides is 2. The van der Waals surface area contributed by atoms with Crippen molar-refractivity contribution in [2.75, 3.05) is 38.7 Å². The molecule has 0 radical (unpaired) electrons. The standard InChI is InChI=1S/C36H57N3O4S/c1-25(2)20-33(40)34(41)32(21-27-12-7-6-8-13-27)38-35(42)26(3)23-37-36(43)30(24-44-19-18-39(4)5)22-29-16-11-15-28-14-9-10-17-31(28)29/h9-11,14-17,25-27,30,32-34,40-41H,6-8,12-13,18-24H2,1-5H3,(H,37,43)(H,38,42)/t26-,30-,32+,33+,34-/m1/s1. The molecule has 8 heteroatoms. The summed E-state index contributed by atoms with van der Waals surface area (Å²) in [6, 6.07) is 14.0. The Morgan fingerprint density at radius 2 is 1.68 bits per heavy atom. The van der Waals surface area contributed by atoms with Gasteiger partial charge in [0.15, 0.2) is 0 Å². The van der Waals surface area contributed by atoms with Crippen molar-refractivity contribution in [3.05, 3.63) is 48.0 Å². The topological polar surface area (TPSA) is 102 Å². The van der Waals surface area contributed by atoms with Gasteiger partial charge in [-0.05, 0) is 61.5 Å². The number of benzene rings is 2. The maximum Gasteiger partial charge on any atom is 0.224 e. The van der Waals surface area contributed by atoms with Crippen molar-refractivity contribution in [2.45, 2.75) is 90.4 Å². The van der Waals surface area contributed by atoms with Gasteiger partial charge < -0.3 is 25.7 Å². The van der Waals surface area contributed by atoms with Gasteiger partial charge in [-0.3, -0.25) is 9.59 Å². The zero-order chi connectivity index (χ0) is 32.1. The van der Waals surface area contributed by atoms with Gasteiger partial charge in [-0.1, -0.05) is 95.3 Å². The first-order valence-electron chi connectivity index (χ1n) is 16.7. The molecule has 0 aromatic heterocycles. The fraction of sp³-hybridized carbons (Fsp3) is 0.667. The lowest BCUT2D eigenvalue weighted by Crippen LogP contribution is -2.52. The van der Waals surface area contributed by atoms with E-state index in [4.69, 9.17) is 0 Å². The van der Waals surface area contributed by atoms with E-state index in [0.29, 0.717) is 30.9 Å². The zero-order valence-corrected chi connectivity index (χ0v) is 28.5. The molecule has 1 fully saturated rings. The highest BCUT2D eigenvalue weighted by atomic mass is 32.2. The molecule has 0 unspecified atom stereocenters. The highest BCUT2D eigenvalue weighted by Gasteiger charge is 2.32. The van der Waals surface area contributed by atoms with Crippen molar-refractivity contribution in [3.8, 4) is 0 Å². The van der Waals surface area contributed by atoms with Crippen molar-refractivity contribution >= 4 is 34.3 Å². The van der Waals surface area contributed by atoms with E-state index < -0.39 is 24.2 Å². The van der Waals surface area contributed by atoms with Crippen LogP contribution in [-0.2, 0) is 16.0 Å². The molecule has 5 atom stereocenters. The number of aliphatic hydroxyl groups is 2. The lowest BCUT2D eigenvalue weighted by atomic mass is 9.82. The third-order valence-electron chi connectivity index (χ3n) is 8.91. The van der Waals surface area contributed by atoms with Crippen LogP contribution in [0.1, 0.15) is 71.3 Å². The molecule has 3 rings (SSSR count). The van der Waals surface area contributed by atoms with Crippen molar-refractivity contribution in [2.24, 2.45) is 23.7 Å². The third-order valence-corrected chi connectivity index (χ3v) is 10.0. The highest BCUT2D eigenvalue weighted by Crippen LogP contribution is 2.29. The minimum atomic E-state index is -1.02. The number of thioether (sulfide) groups is 1. The van der Waals surface area contributed by atoms with Gasteiger partial charge in [0.2, 0.25) is 11.8 Å². The fourth-order valence-corrected chi connectivity index (χ4v) is 7.42. The molecule has 2 amide bonds. The molecule has 4 N–H and O–H groups in total. The van der Waals surface area contributed by atoms with Crippen LogP contribution in [0.4, 0.5) is 0 Å². The second-order valence-corrected chi connectivity index (χ2v) is 14.8. The summed E-state index contributed by atoms with van der Waals surface area (Å²) >= 11 is 1.78. The molecular formula is C36H57N3O4S. The van der Waals surface area contributed by atoms with Gasteiger partial charge in [-0.15, -0.1) is 0 Å². The molecule has 0 heterocycles. The number of aliphatic hydroxyl groups excluding tert-OH is 2. The minimum absolute atomic E-state index is 0.0407. The summed E-state index contributed by atoms with van der Waals surface area (Å²) in [5, 5.41) is 30.3. The number of rotatable bonds is 18. The van der Waals surface area contributed by atoms with E-state index in [1.165, 1.54) is 24.6 Å². The van der Waals surface area contributed by atoms with E-state index in [-0.39, 0.29) is 30.2 Å². The molecule has 246 valence electrons. The second-order valence-electron chi connectivity index (χ2n) is 13.6. The van der Waals surface area contributed by atoms with Crippen LogP contribution in [0.25, 0.3) is 10.8 Å². The van der Waals surface area contributed by atoms with Crippen LogP contribution in [0.3, 0.4) is 0 Å². The molecule has 0 spiro atoms. The molecule has 0 saturated heterocycles. The first kappa shape index (κ1) is 36.3. The van der Waals surface area contributed by atoms with E-state index in [1.807, 2.05) is 32.9 Å². The van der Waals surface area contributed by atoms with Crippen LogP contribution in [0.2, 0.25) is 0 Å². The van der Waals surface area contributed by atoms with Gasteiger partial charge >= 0.3 is 0 Å². The number of nitrogens with zero attached hydrogens (tertiary/aromatic N) is 1. The number of nitrogens with one attached hydrogen (secondary N) is 2. The number of hydrogen-bond acceptors (Lipinski definition) is 6. The Labute approximate surface area is 269 Å². The van der Waals surface area contributed by atoms with Gasteiger partial charge in [0.05, 0.1) is 24.0 Å².